The third-order valence-electron chi connectivity index (χ3n) is 7.66. The molecular formula is C29H39FN4O7S. The van der Waals surface area contributed by atoms with Gasteiger partial charge in [-0.1, -0.05) is 31.1 Å². The first-order valence-corrected chi connectivity index (χ1v) is 15.8. The molecule has 1 aromatic rings. The van der Waals surface area contributed by atoms with Gasteiger partial charge in [0.25, 0.3) is 15.9 Å². The van der Waals surface area contributed by atoms with E-state index in [1.807, 2.05) is 10.8 Å². The normalized spacial score (nSPS) is 27.8. The Bertz CT molecular complexity index is 1360. The fourth-order valence-corrected chi connectivity index (χ4v) is 6.52. The molecule has 2 aliphatic heterocycles. The number of carbonyl (C=O) groups is 4. The van der Waals surface area contributed by atoms with E-state index in [1.54, 1.807) is 26.8 Å². The van der Waals surface area contributed by atoms with Crippen molar-refractivity contribution in [2.75, 3.05) is 6.54 Å². The van der Waals surface area contributed by atoms with Crippen molar-refractivity contribution >= 4 is 33.8 Å². The summed E-state index contributed by atoms with van der Waals surface area (Å²) >= 11 is 0. The quantitative estimate of drug-likeness (QED) is 0.446. The average Bonchev–Trinajstić information content (AvgIpc) is 3.35. The van der Waals surface area contributed by atoms with Gasteiger partial charge in [-0.3, -0.25) is 14.4 Å². The maximum atomic E-state index is 13.7. The van der Waals surface area contributed by atoms with Crippen molar-refractivity contribution < 1.29 is 36.7 Å². The Morgan fingerprint density at radius 3 is 2.60 bits per heavy atom. The Kier molecular flexibility index (Phi) is 9.29. The van der Waals surface area contributed by atoms with Crippen LogP contribution in [0.5, 0.6) is 0 Å². The molecule has 0 radical (unpaired) electrons. The van der Waals surface area contributed by atoms with Crippen LogP contribution in [0.3, 0.4) is 0 Å². The Balaban J connectivity index is 1.56. The molecule has 2 fully saturated rings. The van der Waals surface area contributed by atoms with Gasteiger partial charge in [0.2, 0.25) is 11.8 Å². The molecule has 1 saturated heterocycles. The van der Waals surface area contributed by atoms with Gasteiger partial charge >= 0.3 is 6.09 Å². The van der Waals surface area contributed by atoms with Crippen LogP contribution in [-0.4, -0.2) is 66.9 Å². The topological polar surface area (TPSA) is 151 Å². The van der Waals surface area contributed by atoms with E-state index >= 15 is 0 Å². The predicted octanol–water partition coefficient (Wildman–Crippen LogP) is 2.91. The Labute approximate surface area is 245 Å². The van der Waals surface area contributed by atoms with E-state index in [0.29, 0.717) is 38.6 Å². The minimum Gasteiger partial charge on any atom is -0.444 e. The van der Waals surface area contributed by atoms with Crippen LogP contribution >= 0.6 is 0 Å². The fraction of sp³-hybridized carbons (Fsp3) is 0.586. The first kappa shape index (κ1) is 31.5. The Morgan fingerprint density at radius 2 is 1.88 bits per heavy atom. The molecule has 11 nitrogen and oxygen atoms in total. The number of alkyl carbamates (subject to hydrolysis) is 1. The van der Waals surface area contributed by atoms with E-state index in [-0.39, 0.29) is 6.42 Å². The molecule has 4 atom stereocenters. The number of fused-ring (bicyclic) bond motifs is 2. The second-order valence-corrected chi connectivity index (χ2v) is 13.8. The molecule has 0 unspecified atom stereocenters. The van der Waals surface area contributed by atoms with Crippen LogP contribution in [0, 0.1) is 11.7 Å². The van der Waals surface area contributed by atoms with Crippen LogP contribution in [0.2, 0.25) is 0 Å². The highest BCUT2D eigenvalue weighted by atomic mass is 32.2. The van der Waals surface area contributed by atoms with Crippen molar-refractivity contribution in [3.05, 3.63) is 42.2 Å². The van der Waals surface area contributed by atoms with Crippen molar-refractivity contribution in [1.82, 2.24) is 20.3 Å². The number of allylic oxidation sites excluding steroid dienone is 1. The summed E-state index contributed by atoms with van der Waals surface area (Å²) in [4.78, 5) is 54.3. The monoisotopic (exact) mass is 606 g/mol. The van der Waals surface area contributed by atoms with Crippen molar-refractivity contribution in [2.24, 2.45) is 5.92 Å². The molecular weight excluding hydrogens is 567 g/mol. The van der Waals surface area contributed by atoms with Gasteiger partial charge in [-0.15, -0.1) is 0 Å². The summed E-state index contributed by atoms with van der Waals surface area (Å²) in [6.07, 6.45) is 7.33. The Hall–Kier alpha value is -3.48. The minimum atomic E-state index is -4.42. The van der Waals surface area contributed by atoms with Crippen molar-refractivity contribution in [3.63, 3.8) is 0 Å². The lowest BCUT2D eigenvalue weighted by Gasteiger charge is -2.30. The molecule has 1 saturated carbocycles. The largest absolute Gasteiger partial charge is 0.444 e. The van der Waals surface area contributed by atoms with Gasteiger partial charge in [-0.25, -0.2) is 22.3 Å². The summed E-state index contributed by atoms with van der Waals surface area (Å²) in [5.41, 5.74) is -2.30. The van der Waals surface area contributed by atoms with E-state index in [1.165, 1.54) is 17.0 Å². The molecule has 4 amide bonds. The summed E-state index contributed by atoms with van der Waals surface area (Å²) in [6.45, 7) is 5.46. The summed E-state index contributed by atoms with van der Waals surface area (Å²) in [6, 6.07) is 2.48. The molecule has 42 heavy (non-hydrogen) atoms. The van der Waals surface area contributed by atoms with Crippen LogP contribution in [0.4, 0.5) is 9.18 Å². The summed E-state index contributed by atoms with van der Waals surface area (Å²) < 4.78 is 46.8. The number of carbonyl (C=O) groups excluding carboxylic acids is 4. The van der Waals surface area contributed by atoms with Crippen molar-refractivity contribution in [1.29, 1.82) is 0 Å². The molecule has 3 aliphatic rings. The number of halogens is 1. The zero-order valence-corrected chi connectivity index (χ0v) is 25.0. The van der Waals surface area contributed by atoms with Gasteiger partial charge in [0.05, 0.1) is 4.90 Å². The number of amides is 4. The number of nitrogens with one attached hydrogen (secondary N) is 3. The lowest BCUT2D eigenvalue weighted by molar-refractivity contribution is -0.141. The van der Waals surface area contributed by atoms with Crippen LogP contribution in [0.15, 0.2) is 41.3 Å². The first-order chi connectivity index (χ1) is 19.7. The lowest BCUT2D eigenvalue weighted by Crippen LogP contribution is -2.58. The third-order valence-corrected chi connectivity index (χ3v) is 8.99. The average molecular weight is 607 g/mol. The van der Waals surface area contributed by atoms with Gasteiger partial charge in [0.1, 0.15) is 29.0 Å². The number of sulfonamides is 1. The first-order valence-electron chi connectivity index (χ1n) is 14.3. The molecule has 2 heterocycles. The highest BCUT2D eigenvalue weighted by Crippen LogP contribution is 2.45. The molecule has 4 rings (SSSR count). The van der Waals surface area contributed by atoms with Crippen LogP contribution < -0.4 is 15.4 Å². The fourth-order valence-electron chi connectivity index (χ4n) is 5.45. The molecule has 0 spiro atoms. The number of benzene rings is 1. The highest BCUT2D eigenvalue weighted by molar-refractivity contribution is 7.90. The maximum Gasteiger partial charge on any atom is 0.408 e. The summed E-state index contributed by atoms with van der Waals surface area (Å²) in [5.74, 6) is -3.16. The number of hydrogen-bond donors (Lipinski definition) is 3. The SMILES string of the molecule is CC(C)(C)OC(=O)N[C@H]1CCCCC/C=C\[C@H]2C[C@@]2(C(=O)NS(=O)(=O)c2cccc(F)c2)NC(=O)[C@@H]2CCCN2C1=O. The smallest absolute Gasteiger partial charge is 0.408 e. The van der Waals surface area contributed by atoms with E-state index in [4.69, 9.17) is 4.74 Å². The number of hydrogen-bond acceptors (Lipinski definition) is 7. The molecule has 0 bridgehead atoms. The van der Waals surface area contributed by atoms with Gasteiger partial charge in [0, 0.05) is 12.5 Å². The maximum absolute atomic E-state index is 13.7. The molecule has 1 aliphatic carbocycles. The van der Waals surface area contributed by atoms with Gasteiger partial charge in [-0.05, 0) is 77.5 Å². The second-order valence-electron chi connectivity index (χ2n) is 12.1. The number of ether oxygens (including phenoxy) is 1. The highest BCUT2D eigenvalue weighted by Gasteiger charge is 2.61. The number of nitrogens with zero attached hydrogens (tertiary/aromatic N) is 1. The minimum absolute atomic E-state index is 0.170. The predicted molar refractivity (Wildman–Crippen MR) is 151 cm³/mol. The molecule has 0 aromatic heterocycles. The standard InChI is InChI=1S/C29H39FN4O7S/c1-28(2,3)41-27(38)31-22-14-8-6-4-5-7-11-19-18-29(19,32-24(35)23-15-10-16-34(23)25(22)36)26(37)33-42(39,40)21-13-9-12-20(30)17-21/h7,9,11-13,17,19,22-23H,4-6,8,10,14-16,18H2,1-3H3,(H,31,38)(H,32,35)(H,33,37)/b11-7-/t19-,22-,23-,29+/m0/s1. The summed E-state index contributed by atoms with van der Waals surface area (Å²) in [7, 11) is -4.42. The van der Waals surface area contributed by atoms with E-state index in [2.05, 4.69) is 10.6 Å². The van der Waals surface area contributed by atoms with Crippen molar-refractivity contribution in [2.45, 2.75) is 100 Å². The van der Waals surface area contributed by atoms with Crippen LogP contribution in [0.25, 0.3) is 0 Å². The van der Waals surface area contributed by atoms with E-state index in [0.717, 1.165) is 25.0 Å². The molecule has 230 valence electrons. The molecule has 13 heteroatoms. The van der Waals surface area contributed by atoms with Gasteiger partial charge in [-0.2, -0.15) is 0 Å². The van der Waals surface area contributed by atoms with Crippen molar-refractivity contribution in [3.8, 4) is 0 Å². The van der Waals surface area contributed by atoms with Gasteiger partial charge < -0.3 is 20.3 Å². The molecule has 1 aromatic carbocycles. The third kappa shape index (κ3) is 7.47. The Morgan fingerprint density at radius 1 is 1.12 bits per heavy atom. The number of rotatable bonds is 4. The van der Waals surface area contributed by atoms with E-state index < -0.39 is 73.7 Å². The van der Waals surface area contributed by atoms with Crippen LogP contribution in [-0.2, 0) is 29.1 Å². The van der Waals surface area contributed by atoms with E-state index in [9.17, 15) is 32.0 Å². The van der Waals surface area contributed by atoms with Crippen LogP contribution in [0.1, 0.15) is 72.1 Å². The molecule has 3 N–H and O–H groups in total. The van der Waals surface area contributed by atoms with Gasteiger partial charge in [0.15, 0.2) is 0 Å². The summed E-state index contributed by atoms with van der Waals surface area (Å²) in [5, 5.41) is 5.43. The zero-order chi connectivity index (χ0) is 30.7. The lowest BCUT2D eigenvalue weighted by atomic mass is 10.0. The second kappa shape index (κ2) is 12.4. The zero-order valence-electron chi connectivity index (χ0n) is 24.2.